The van der Waals surface area contributed by atoms with Gasteiger partial charge in [0.25, 0.3) is 0 Å². The zero-order valence-corrected chi connectivity index (χ0v) is 19.9. The van der Waals surface area contributed by atoms with Crippen LogP contribution in [0.15, 0.2) is 88.2 Å². The summed E-state index contributed by atoms with van der Waals surface area (Å²) in [7, 11) is -4.03. The Labute approximate surface area is 199 Å². The lowest BCUT2D eigenvalue weighted by Gasteiger charge is -2.39. The molecule has 0 aliphatic carbocycles. The molecule has 3 aromatic carbocycles. The lowest BCUT2D eigenvalue weighted by Crippen LogP contribution is -2.49. The molecule has 33 heavy (non-hydrogen) atoms. The predicted molar refractivity (Wildman–Crippen MR) is 124 cm³/mol. The lowest BCUT2D eigenvalue weighted by atomic mass is 9.96. The minimum Gasteiger partial charge on any atom is -0.290 e. The fourth-order valence-electron chi connectivity index (χ4n) is 4.08. The number of halogens is 4. The molecule has 1 aliphatic rings. The van der Waals surface area contributed by atoms with Crippen LogP contribution in [0.3, 0.4) is 0 Å². The molecular formula is C24H22BrF3N2O2S. The second-order valence-electron chi connectivity index (χ2n) is 7.83. The summed E-state index contributed by atoms with van der Waals surface area (Å²) in [5.74, 6) is 0. The van der Waals surface area contributed by atoms with Gasteiger partial charge in [-0.05, 0) is 41.5 Å². The van der Waals surface area contributed by atoms with E-state index < -0.39 is 21.8 Å². The third-order valence-electron chi connectivity index (χ3n) is 5.74. The van der Waals surface area contributed by atoms with E-state index in [0.717, 1.165) is 27.7 Å². The molecule has 1 aliphatic heterocycles. The monoisotopic (exact) mass is 538 g/mol. The Balaban J connectivity index is 1.56. The largest absolute Gasteiger partial charge is 0.416 e. The Bertz CT molecular complexity index is 1190. The molecule has 1 atom stereocenters. The third-order valence-corrected chi connectivity index (χ3v) is 8.16. The summed E-state index contributed by atoms with van der Waals surface area (Å²) < 4.78 is 67.5. The first-order valence-electron chi connectivity index (χ1n) is 10.4. The molecule has 0 N–H and O–H groups in total. The van der Waals surface area contributed by atoms with Gasteiger partial charge >= 0.3 is 6.18 Å². The van der Waals surface area contributed by atoms with Gasteiger partial charge in [0.15, 0.2) is 0 Å². The van der Waals surface area contributed by atoms with Gasteiger partial charge in [0.2, 0.25) is 10.0 Å². The Kier molecular flexibility index (Phi) is 6.95. The predicted octanol–water partition coefficient (Wildman–Crippen LogP) is 5.56. The summed E-state index contributed by atoms with van der Waals surface area (Å²) in [6.07, 6.45) is -4.60. The number of sulfonamides is 1. The number of benzene rings is 3. The zero-order valence-electron chi connectivity index (χ0n) is 17.5. The van der Waals surface area contributed by atoms with Crippen molar-refractivity contribution in [2.24, 2.45) is 0 Å². The third kappa shape index (κ3) is 5.32. The van der Waals surface area contributed by atoms with Crippen molar-refractivity contribution < 1.29 is 21.6 Å². The van der Waals surface area contributed by atoms with Crippen molar-refractivity contribution in [3.63, 3.8) is 0 Å². The van der Waals surface area contributed by atoms with Crippen molar-refractivity contribution >= 4 is 26.0 Å². The molecule has 0 radical (unpaired) electrons. The molecule has 0 bridgehead atoms. The molecule has 0 unspecified atom stereocenters. The van der Waals surface area contributed by atoms with Crippen molar-refractivity contribution in [3.8, 4) is 0 Å². The first-order valence-corrected chi connectivity index (χ1v) is 12.6. The minimum atomic E-state index is -4.60. The van der Waals surface area contributed by atoms with E-state index in [4.69, 9.17) is 0 Å². The summed E-state index contributed by atoms with van der Waals surface area (Å²) in [5.41, 5.74) is 1.20. The van der Waals surface area contributed by atoms with Crippen LogP contribution in [0, 0.1) is 0 Å². The van der Waals surface area contributed by atoms with Gasteiger partial charge in [-0.2, -0.15) is 17.5 Å². The molecule has 0 amide bonds. The van der Waals surface area contributed by atoms with E-state index in [1.54, 1.807) is 0 Å². The van der Waals surface area contributed by atoms with Crippen molar-refractivity contribution in [2.45, 2.75) is 17.1 Å². The minimum absolute atomic E-state index is 0.0577. The molecule has 4 rings (SSSR count). The molecule has 3 aromatic rings. The van der Waals surface area contributed by atoms with Gasteiger partial charge in [-0.15, -0.1) is 0 Å². The molecule has 174 valence electrons. The summed E-state index contributed by atoms with van der Waals surface area (Å²) in [5, 5.41) is 0. The van der Waals surface area contributed by atoms with Gasteiger partial charge in [0.05, 0.1) is 16.5 Å². The highest BCUT2D eigenvalue weighted by Gasteiger charge is 2.35. The van der Waals surface area contributed by atoms with Crippen LogP contribution in [0.4, 0.5) is 13.2 Å². The van der Waals surface area contributed by atoms with Crippen LogP contribution in [0.2, 0.25) is 0 Å². The molecule has 0 saturated carbocycles. The zero-order chi connectivity index (χ0) is 23.6. The molecule has 9 heteroatoms. The fourth-order valence-corrected chi connectivity index (χ4v) is 5.81. The quantitative estimate of drug-likeness (QED) is 0.426. The fraction of sp³-hybridized carbons (Fsp3) is 0.250. The first kappa shape index (κ1) is 23.9. The van der Waals surface area contributed by atoms with Crippen LogP contribution in [0.5, 0.6) is 0 Å². The normalized spacial score (nSPS) is 17.1. The molecule has 1 fully saturated rings. The Morgan fingerprint density at radius 3 is 2.00 bits per heavy atom. The summed E-state index contributed by atoms with van der Waals surface area (Å²) in [4.78, 5) is 1.87. The SMILES string of the molecule is O=S(=O)(c1cccc(C(F)(F)F)c1)N1CCN([C@H](c2ccccc2)c2ccc(Br)cc2)CC1. The van der Waals surface area contributed by atoms with Gasteiger partial charge in [-0.25, -0.2) is 8.42 Å². The van der Waals surface area contributed by atoms with Crippen LogP contribution in [-0.4, -0.2) is 43.8 Å². The van der Waals surface area contributed by atoms with E-state index in [2.05, 4.69) is 20.8 Å². The van der Waals surface area contributed by atoms with E-state index in [9.17, 15) is 21.6 Å². The van der Waals surface area contributed by atoms with E-state index in [0.29, 0.717) is 19.2 Å². The first-order chi connectivity index (χ1) is 15.7. The summed E-state index contributed by atoms with van der Waals surface area (Å²) in [6, 6.07) is 21.8. The highest BCUT2D eigenvalue weighted by molar-refractivity contribution is 9.10. The lowest BCUT2D eigenvalue weighted by molar-refractivity contribution is -0.137. The van der Waals surface area contributed by atoms with Crippen LogP contribution in [0.25, 0.3) is 0 Å². The van der Waals surface area contributed by atoms with Gasteiger partial charge in [-0.1, -0.05) is 64.5 Å². The van der Waals surface area contributed by atoms with Crippen molar-refractivity contribution in [3.05, 3.63) is 100 Å². The smallest absolute Gasteiger partial charge is 0.290 e. The van der Waals surface area contributed by atoms with Gasteiger partial charge in [-0.3, -0.25) is 4.90 Å². The Hall–Kier alpha value is -2.20. The number of rotatable bonds is 5. The van der Waals surface area contributed by atoms with Crippen LogP contribution in [0.1, 0.15) is 22.7 Å². The molecule has 0 spiro atoms. The second kappa shape index (κ2) is 9.58. The van der Waals surface area contributed by atoms with E-state index >= 15 is 0 Å². The summed E-state index contributed by atoms with van der Waals surface area (Å²) in [6.45, 7) is 1.29. The van der Waals surface area contributed by atoms with E-state index in [1.807, 2.05) is 54.6 Å². The summed E-state index contributed by atoms with van der Waals surface area (Å²) >= 11 is 3.46. The Morgan fingerprint density at radius 2 is 1.39 bits per heavy atom. The van der Waals surface area contributed by atoms with Crippen LogP contribution in [-0.2, 0) is 16.2 Å². The highest BCUT2D eigenvalue weighted by atomic mass is 79.9. The molecule has 1 heterocycles. The maximum atomic E-state index is 13.1. The number of piperazine rings is 1. The van der Waals surface area contributed by atoms with Gasteiger partial charge in [0.1, 0.15) is 0 Å². The van der Waals surface area contributed by atoms with Gasteiger partial charge in [0, 0.05) is 30.7 Å². The standard InChI is InChI=1S/C24H22BrF3N2O2S/c25-21-11-9-19(10-12-21)23(18-5-2-1-3-6-18)29-13-15-30(16-14-29)33(31,32)22-8-4-7-20(17-22)24(26,27)28/h1-12,17,23H,13-16H2/t23-/m1/s1. The molecule has 1 saturated heterocycles. The maximum absolute atomic E-state index is 13.1. The van der Waals surface area contributed by atoms with Gasteiger partial charge < -0.3 is 0 Å². The average Bonchev–Trinajstić information content (AvgIpc) is 2.81. The topological polar surface area (TPSA) is 40.6 Å². The van der Waals surface area contributed by atoms with E-state index in [-0.39, 0.29) is 24.0 Å². The van der Waals surface area contributed by atoms with E-state index in [1.165, 1.54) is 10.4 Å². The number of hydrogen-bond donors (Lipinski definition) is 0. The van der Waals surface area contributed by atoms with Crippen molar-refractivity contribution in [2.75, 3.05) is 26.2 Å². The molecular weight excluding hydrogens is 517 g/mol. The van der Waals surface area contributed by atoms with Crippen LogP contribution < -0.4 is 0 Å². The molecule has 4 nitrogen and oxygen atoms in total. The number of alkyl halides is 3. The Morgan fingerprint density at radius 1 is 0.788 bits per heavy atom. The average molecular weight is 539 g/mol. The van der Waals surface area contributed by atoms with Crippen molar-refractivity contribution in [1.82, 2.24) is 9.21 Å². The maximum Gasteiger partial charge on any atom is 0.416 e. The van der Waals surface area contributed by atoms with Crippen LogP contribution >= 0.6 is 15.9 Å². The highest BCUT2D eigenvalue weighted by Crippen LogP contribution is 2.33. The number of hydrogen-bond acceptors (Lipinski definition) is 3. The molecule has 0 aromatic heterocycles. The number of nitrogens with zero attached hydrogens (tertiary/aromatic N) is 2. The van der Waals surface area contributed by atoms with Crippen molar-refractivity contribution in [1.29, 1.82) is 0 Å². The second-order valence-corrected chi connectivity index (χ2v) is 10.7.